The second-order valence-electron chi connectivity index (χ2n) is 8.52. The Hall–Kier alpha value is -2.85. The normalized spacial score (nSPS) is 18.6. The van der Waals surface area contributed by atoms with Gasteiger partial charge in [0.2, 0.25) is 0 Å². The summed E-state index contributed by atoms with van der Waals surface area (Å²) in [5.41, 5.74) is 7.03. The third kappa shape index (κ3) is 5.61. The average Bonchev–Trinajstić information content (AvgIpc) is 3.42. The Bertz CT molecular complexity index is 1020. The van der Waals surface area contributed by atoms with Crippen LogP contribution in [0.15, 0.2) is 30.3 Å². The number of carboxylic acid groups (broad SMARTS) is 1. The van der Waals surface area contributed by atoms with Gasteiger partial charge in [0, 0.05) is 25.2 Å². The van der Waals surface area contributed by atoms with Crippen LogP contribution in [0.25, 0.3) is 0 Å². The average molecular weight is 482 g/mol. The Morgan fingerprint density at radius 2 is 1.91 bits per heavy atom. The molecular formula is C24H30F3N3O4. The maximum Gasteiger partial charge on any atom is 0.416 e. The van der Waals surface area contributed by atoms with Crippen LogP contribution in [-0.4, -0.2) is 45.6 Å². The van der Waals surface area contributed by atoms with Crippen molar-refractivity contribution in [3.8, 4) is 0 Å². The number of hydrogen-bond acceptors (Lipinski definition) is 4. The molecule has 0 saturated carbocycles. The number of aromatic carboxylic acids is 1. The topological polar surface area (TPSA) is 97.8 Å². The summed E-state index contributed by atoms with van der Waals surface area (Å²) in [5.74, 6) is -1.07. The van der Waals surface area contributed by atoms with Crippen LogP contribution in [0.4, 0.5) is 13.2 Å². The number of nitrogens with zero attached hydrogens (tertiary/aromatic N) is 2. The molecule has 1 saturated heterocycles. The van der Waals surface area contributed by atoms with Crippen LogP contribution >= 0.6 is 0 Å². The molecule has 3 heterocycles. The Morgan fingerprint density at radius 3 is 2.44 bits per heavy atom. The summed E-state index contributed by atoms with van der Waals surface area (Å²) in [4.78, 5) is 25.8. The van der Waals surface area contributed by atoms with Crippen molar-refractivity contribution in [2.24, 2.45) is 5.73 Å². The summed E-state index contributed by atoms with van der Waals surface area (Å²) in [6, 6.07) is 6.52. The number of nitrogens with two attached hydrogens (primary N) is 1. The van der Waals surface area contributed by atoms with Crippen LogP contribution in [0.3, 0.4) is 0 Å². The molecule has 2 aromatic rings. The van der Waals surface area contributed by atoms with Crippen LogP contribution in [0.5, 0.6) is 0 Å². The van der Waals surface area contributed by atoms with E-state index >= 15 is 0 Å². The molecule has 7 nitrogen and oxygen atoms in total. The van der Waals surface area contributed by atoms with Gasteiger partial charge < -0.3 is 25.0 Å². The van der Waals surface area contributed by atoms with Crippen LogP contribution in [0.1, 0.15) is 76.8 Å². The largest absolute Gasteiger partial charge is 0.478 e. The highest BCUT2D eigenvalue weighted by Gasteiger charge is 2.32. The fourth-order valence-electron chi connectivity index (χ4n) is 4.22. The number of carboxylic acids is 1. The van der Waals surface area contributed by atoms with Gasteiger partial charge in [-0.1, -0.05) is 19.1 Å². The minimum atomic E-state index is -4.27. The lowest BCUT2D eigenvalue weighted by atomic mass is 10.0. The third-order valence-corrected chi connectivity index (χ3v) is 6.28. The maximum atomic E-state index is 12.6. The molecule has 1 amide bonds. The standard InChI is InChI=1S/C14H18N2O4.C10H12F3N/c1-9-3-2-4-15(9)13(17)11-7-10(14(18)19)12-8-20-6-5-16(11)12;1-2-9(14)7-3-5-8(6-4-7)10(11,12)13/h7,9H,2-6,8H2,1H3,(H,18,19);3-6,9H,2,14H2,1H3/t2*9-/m01/s1. The number of benzene rings is 1. The second kappa shape index (κ2) is 10.6. The van der Waals surface area contributed by atoms with E-state index in [9.17, 15) is 27.9 Å². The summed E-state index contributed by atoms with van der Waals surface area (Å²) in [6.45, 7) is 5.97. The van der Waals surface area contributed by atoms with Gasteiger partial charge in [0.1, 0.15) is 5.69 Å². The molecule has 1 aromatic heterocycles. The molecule has 1 aromatic carbocycles. The molecule has 0 bridgehead atoms. The molecule has 1 fully saturated rings. The van der Waals surface area contributed by atoms with Crippen molar-refractivity contribution in [2.75, 3.05) is 13.2 Å². The van der Waals surface area contributed by atoms with Crippen LogP contribution < -0.4 is 5.73 Å². The Morgan fingerprint density at radius 1 is 1.24 bits per heavy atom. The van der Waals surface area contributed by atoms with Crippen molar-refractivity contribution in [2.45, 2.75) is 64.5 Å². The number of carbonyl (C=O) groups excluding carboxylic acids is 1. The Labute approximate surface area is 196 Å². The number of halogens is 3. The van der Waals surface area contributed by atoms with Gasteiger partial charge in [-0.3, -0.25) is 4.79 Å². The molecule has 2 aliphatic rings. The molecule has 186 valence electrons. The first kappa shape index (κ1) is 25.8. The van der Waals surface area contributed by atoms with Crippen LogP contribution in [0, 0.1) is 0 Å². The van der Waals surface area contributed by atoms with E-state index in [1.165, 1.54) is 18.2 Å². The van der Waals surface area contributed by atoms with E-state index in [2.05, 4.69) is 0 Å². The molecule has 2 aliphatic heterocycles. The number of fused-ring (bicyclic) bond motifs is 1. The van der Waals surface area contributed by atoms with Gasteiger partial charge in [0.15, 0.2) is 0 Å². The molecule has 34 heavy (non-hydrogen) atoms. The number of amides is 1. The van der Waals surface area contributed by atoms with Crippen molar-refractivity contribution in [3.63, 3.8) is 0 Å². The molecule has 10 heteroatoms. The van der Waals surface area contributed by atoms with Crippen LogP contribution in [-0.2, 0) is 24.1 Å². The zero-order chi connectivity index (χ0) is 25.0. The number of rotatable bonds is 4. The Balaban J connectivity index is 0.000000204. The molecule has 0 unspecified atom stereocenters. The van der Waals surface area contributed by atoms with E-state index < -0.39 is 17.7 Å². The van der Waals surface area contributed by atoms with Crippen molar-refractivity contribution < 1.29 is 32.6 Å². The third-order valence-electron chi connectivity index (χ3n) is 6.28. The van der Waals surface area contributed by atoms with Gasteiger partial charge in [-0.05, 0) is 49.9 Å². The highest BCUT2D eigenvalue weighted by atomic mass is 19.4. The van der Waals surface area contributed by atoms with E-state index in [-0.39, 0.29) is 30.2 Å². The fourth-order valence-corrected chi connectivity index (χ4v) is 4.22. The summed E-state index contributed by atoms with van der Waals surface area (Å²) >= 11 is 0. The first-order valence-electron chi connectivity index (χ1n) is 11.3. The smallest absolute Gasteiger partial charge is 0.416 e. The van der Waals surface area contributed by atoms with E-state index in [1.54, 1.807) is 4.57 Å². The van der Waals surface area contributed by atoms with Gasteiger partial charge >= 0.3 is 12.1 Å². The van der Waals surface area contributed by atoms with E-state index in [0.29, 0.717) is 31.0 Å². The van der Waals surface area contributed by atoms with Gasteiger partial charge in [-0.2, -0.15) is 13.2 Å². The maximum absolute atomic E-state index is 12.6. The van der Waals surface area contributed by atoms with E-state index in [4.69, 9.17) is 10.5 Å². The van der Waals surface area contributed by atoms with Crippen molar-refractivity contribution >= 4 is 11.9 Å². The molecule has 0 spiro atoms. The van der Waals surface area contributed by atoms with Gasteiger partial charge in [0.05, 0.1) is 30.0 Å². The quantitative estimate of drug-likeness (QED) is 0.672. The second-order valence-corrected chi connectivity index (χ2v) is 8.52. The predicted molar refractivity (Wildman–Crippen MR) is 119 cm³/mol. The summed E-state index contributed by atoms with van der Waals surface area (Å²) in [5, 5.41) is 9.26. The Kier molecular flexibility index (Phi) is 8.04. The van der Waals surface area contributed by atoms with E-state index in [1.807, 2.05) is 18.7 Å². The number of carbonyl (C=O) groups is 2. The molecule has 0 radical (unpaired) electrons. The van der Waals surface area contributed by atoms with Gasteiger partial charge in [0.25, 0.3) is 5.91 Å². The van der Waals surface area contributed by atoms with Crippen LogP contribution in [0.2, 0.25) is 0 Å². The number of hydrogen-bond donors (Lipinski definition) is 2. The number of likely N-dealkylation sites (tertiary alicyclic amines) is 1. The zero-order valence-corrected chi connectivity index (χ0v) is 19.3. The van der Waals surface area contributed by atoms with Crippen molar-refractivity contribution in [1.29, 1.82) is 0 Å². The number of alkyl halides is 3. The molecular weight excluding hydrogens is 451 g/mol. The fraction of sp³-hybridized carbons (Fsp3) is 0.500. The minimum Gasteiger partial charge on any atom is -0.478 e. The lowest BCUT2D eigenvalue weighted by molar-refractivity contribution is -0.137. The highest BCUT2D eigenvalue weighted by molar-refractivity contribution is 5.98. The van der Waals surface area contributed by atoms with Gasteiger partial charge in [-0.15, -0.1) is 0 Å². The lowest BCUT2D eigenvalue weighted by Gasteiger charge is -2.24. The molecule has 4 rings (SSSR count). The highest BCUT2D eigenvalue weighted by Crippen LogP contribution is 2.30. The monoisotopic (exact) mass is 481 g/mol. The summed E-state index contributed by atoms with van der Waals surface area (Å²) < 4.78 is 43.6. The molecule has 2 atom stereocenters. The minimum absolute atomic E-state index is 0.0642. The summed E-state index contributed by atoms with van der Waals surface area (Å²) in [6.07, 6.45) is -1.54. The SMILES string of the molecule is CC[C@@H](N)c1ccc(C(F)(F)F)cc1.C[C@H]1CCCN1C(=O)c1cc(C(=O)O)c2n1CCOC2. The molecule has 3 N–H and O–H groups in total. The van der Waals surface area contributed by atoms with Gasteiger partial charge in [-0.25, -0.2) is 4.79 Å². The van der Waals surface area contributed by atoms with Crippen molar-refractivity contribution in [3.05, 3.63) is 58.4 Å². The first-order valence-corrected chi connectivity index (χ1v) is 11.3. The van der Waals surface area contributed by atoms with E-state index in [0.717, 1.165) is 37.1 Å². The molecule has 0 aliphatic carbocycles. The van der Waals surface area contributed by atoms with Crippen molar-refractivity contribution in [1.82, 2.24) is 9.47 Å². The first-order chi connectivity index (χ1) is 16.0. The number of aromatic nitrogens is 1. The lowest BCUT2D eigenvalue weighted by Crippen LogP contribution is -2.35. The number of ether oxygens (including phenoxy) is 1. The zero-order valence-electron chi connectivity index (χ0n) is 19.3. The predicted octanol–water partition coefficient (Wildman–Crippen LogP) is 4.46. The summed E-state index contributed by atoms with van der Waals surface area (Å²) in [7, 11) is 0.